The highest BCUT2D eigenvalue weighted by molar-refractivity contribution is 7.89. The molecule has 3 heterocycles. The van der Waals surface area contributed by atoms with Crippen LogP contribution in [0.5, 0.6) is 0 Å². The van der Waals surface area contributed by atoms with Gasteiger partial charge in [0.1, 0.15) is 17.0 Å². The molecule has 3 atom stereocenters. The second-order valence-corrected chi connectivity index (χ2v) is 10.8. The van der Waals surface area contributed by atoms with Crippen molar-refractivity contribution in [2.45, 2.75) is 56.1 Å². The van der Waals surface area contributed by atoms with Crippen LogP contribution in [0.2, 0.25) is 0 Å². The Kier molecular flexibility index (Phi) is 6.91. The number of hydrogen-bond acceptors (Lipinski definition) is 6. The SMILES string of the molecule is CCCC(NC(=O)c1ccc(C)cc1)C(=O)N1CCC2C1C(=O)CN2S(=O)(=O)c1ccc[n+]([O-])c1. The fourth-order valence-electron chi connectivity index (χ4n) is 4.76. The molecule has 0 saturated carbocycles. The number of carbonyl (C=O) groups is 3. The molecule has 2 aliphatic heterocycles. The Morgan fingerprint density at radius 2 is 1.94 bits per heavy atom. The lowest BCUT2D eigenvalue weighted by Gasteiger charge is -2.28. The van der Waals surface area contributed by atoms with E-state index in [0.29, 0.717) is 23.1 Å². The fourth-order valence-corrected chi connectivity index (χ4v) is 6.39. The molecule has 4 rings (SSSR count). The molecule has 35 heavy (non-hydrogen) atoms. The van der Waals surface area contributed by atoms with Crippen LogP contribution in [0.1, 0.15) is 42.1 Å². The van der Waals surface area contributed by atoms with Crippen molar-refractivity contribution < 1.29 is 27.5 Å². The first kappa shape index (κ1) is 24.8. The number of pyridine rings is 1. The standard InChI is InChI=1S/C24H28N4O6S/c1-3-5-19(25-23(30)17-9-7-16(2)8-10-17)24(31)27-13-11-20-22(27)21(29)15-28(20)35(33,34)18-6-4-12-26(32)14-18/h4,6-10,12,14,19-20,22H,3,5,11,13,15H2,1-2H3,(H,25,30). The maximum atomic E-state index is 13.5. The van der Waals surface area contributed by atoms with Crippen molar-refractivity contribution in [1.82, 2.24) is 14.5 Å². The average Bonchev–Trinajstić information content (AvgIpc) is 3.40. The molecule has 2 amide bonds. The van der Waals surface area contributed by atoms with Crippen LogP contribution in [-0.2, 0) is 19.6 Å². The van der Waals surface area contributed by atoms with Gasteiger partial charge in [-0.3, -0.25) is 14.4 Å². The lowest BCUT2D eigenvalue weighted by Crippen LogP contribution is -2.52. The molecule has 10 nitrogen and oxygen atoms in total. The van der Waals surface area contributed by atoms with Gasteiger partial charge in [-0.2, -0.15) is 9.04 Å². The third kappa shape index (κ3) is 4.78. The lowest BCUT2D eigenvalue weighted by molar-refractivity contribution is -0.607. The van der Waals surface area contributed by atoms with E-state index in [2.05, 4.69) is 5.32 Å². The van der Waals surface area contributed by atoms with Crippen LogP contribution in [0.15, 0.2) is 53.7 Å². The summed E-state index contributed by atoms with van der Waals surface area (Å²) in [5, 5.41) is 14.4. The Labute approximate surface area is 204 Å². The number of nitrogens with zero attached hydrogens (tertiary/aromatic N) is 3. The molecule has 0 aliphatic carbocycles. The maximum Gasteiger partial charge on any atom is 0.251 e. The smallest absolute Gasteiger partial charge is 0.251 e. The van der Waals surface area contributed by atoms with Gasteiger partial charge in [-0.1, -0.05) is 31.0 Å². The summed E-state index contributed by atoms with van der Waals surface area (Å²) in [6.07, 6.45) is 3.42. The summed E-state index contributed by atoms with van der Waals surface area (Å²) < 4.78 is 27.8. The number of aryl methyl sites for hydroxylation is 1. The summed E-state index contributed by atoms with van der Waals surface area (Å²) in [4.78, 5) is 40.3. The van der Waals surface area contributed by atoms with Crippen molar-refractivity contribution in [1.29, 1.82) is 0 Å². The number of amides is 2. The van der Waals surface area contributed by atoms with Crippen LogP contribution in [0.3, 0.4) is 0 Å². The van der Waals surface area contributed by atoms with E-state index in [4.69, 9.17) is 0 Å². The number of likely N-dealkylation sites (tertiary alicyclic amines) is 1. The van der Waals surface area contributed by atoms with Gasteiger partial charge in [0.15, 0.2) is 18.2 Å². The average molecular weight is 501 g/mol. The van der Waals surface area contributed by atoms with Crippen molar-refractivity contribution >= 4 is 27.6 Å². The molecular formula is C24H28N4O6S. The topological polar surface area (TPSA) is 131 Å². The van der Waals surface area contributed by atoms with Crippen LogP contribution in [0.4, 0.5) is 0 Å². The Hall–Kier alpha value is -3.31. The van der Waals surface area contributed by atoms with Gasteiger partial charge in [0, 0.05) is 18.2 Å². The van der Waals surface area contributed by atoms with E-state index in [1.807, 2.05) is 26.0 Å². The molecule has 2 fully saturated rings. The number of hydrogen-bond donors (Lipinski definition) is 1. The zero-order chi connectivity index (χ0) is 25.3. The van der Waals surface area contributed by atoms with E-state index in [-0.39, 0.29) is 36.1 Å². The predicted molar refractivity (Wildman–Crippen MR) is 126 cm³/mol. The van der Waals surface area contributed by atoms with Gasteiger partial charge in [-0.05, 0) is 38.0 Å². The van der Waals surface area contributed by atoms with Crippen molar-refractivity contribution in [3.8, 4) is 0 Å². The minimum atomic E-state index is -4.10. The van der Waals surface area contributed by atoms with Crippen molar-refractivity contribution in [2.24, 2.45) is 0 Å². The summed E-state index contributed by atoms with van der Waals surface area (Å²) in [5.41, 5.74) is 1.43. The number of fused-ring (bicyclic) bond motifs is 1. The van der Waals surface area contributed by atoms with Crippen LogP contribution < -0.4 is 10.0 Å². The molecular weight excluding hydrogens is 472 g/mol. The van der Waals surface area contributed by atoms with Crippen molar-refractivity contribution in [3.63, 3.8) is 0 Å². The minimum Gasteiger partial charge on any atom is -0.619 e. The van der Waals surface area contributed by atoms with E-state index >= 15 is 0 Å². The third-order valence-electron chi connectivity index (χ3n) is 6.51. The van der Waals surface area contributed by atoms with Crippen LogP contribution in [0.25, 0.3) is 0 Å². The van der Waals surface area contributed by atoms with Gasteiger partial charge in [-0.15, -0.1) is 0 Å². The van der Waals surface area contributed by atoms with Crippen LogP contribution >= 0.6 is 0 Å². The molecule has 0 bridgehead atoms. The van der Waals surface area contributed by atoms with Gasteiger partial charge in [0.25, 0.3) is 5.91 Å². The minimum absolute atomic E-state index is 0.197. The summed E-state index contributed by atoms with van der Waals surface area (Å²) in [7, 11) is -4.10. The molecule has 1 aromatic carbocycles. The van der Waals surface area contributed by atoms with Gasteiger partial charge in [0.05, 0.1) is 12.6 Å². The summed E-state index contributed by atoms with van der Waals surface area (Å²) in [6.45, 7) is 3.63. The highest BCUT2D eigenvalue weighted by Crippen LogP contribution is 2.34. The van der Waals surface area contributed by atoms with E-state index in [9.17, 15) is 28.0 Å². The van der Waals surface area contributed by atoms with Crippen molar-refractivity contribution in [3.05, 3.63) is 65.1 Å². The molecule has 1 aromatic heterocycles. The highest BCUT2D eigenvalue weighted by Gasteiger charge is 2.54. The number of benzene rings is 1. The Morgan fingerprint density at radius 1 is 1.23 bits per heavy atom. The molecule has 3 unspecified atom stereocenters. The third-order valence-corrected chi connectivity index (χ3v) is 8.36. The number of carbonyl (C=O) groups excluding carboxylic acids is 3. The molecule has 11 heteroatoms. The molecule has 2 aromatic rings. The number of sulfonamides is 1. The van der Waals surface area contributed by atoms with E-state index in [0.717, 1.165) is 16.1 Å². The number of nitrogens with one attached hydrogen (secondary N) is 1. The molecule has 0 spiro atoms. The Morgan fingerprint density at radius 3 is 2.60 bits per heavy atom. The molecule has 186 valence electrons. The largest absolute Gasteiger partial charge is 0.619 e. The zero-order valence-corrected chi connectivity index (χ0v) is 20.4. The Bertz CT molecular complexity index is 1250. The summed E-state index contributed by atoms with van der Waals surface area (Å²) in [6, 6.07) is 7.14. The van der Waals surface area contributed by atoms with E-state index in [1.54, 1.807) is 12.1 Å². The fraction of sp³-hybridized carbons (Fsp3) is 0.417. The van der Waals surface area contributed by atoms with E-state index < -0.39 is 34.1 Å². The van der Waals surface area contributed by atoms with E-state index in [1.165, 1.54) is 23.2 Å². The normalized spacial score (nSPS) is 21.1. The quantitative estimate of drug-likeness (QED) is 0.441. The molecule has 2 aliphatic rings. The molecule has 1 N–H and O–H groups in total. The summed E-state index contributed by atoms with van der Waals surface area (Å²) in [5.74, 6) is -1.16. The van der Waals surface area contributed by atoms with Crippen LogP contribution in [-0.4, -0.2) is 66.4 Å². The zero-order valence-electron chi connectivity index (χ0n) is 19.6. The number of ketones is 1. The number of aromatic nitrogens is 1. The predicted octanol–water partition coefficient (Wildman–Crippen LogP) is 0.770. The lowest BCUT2D eigenvalue weighted by atomic mass is 10.1. The number of Topliss-reactive ketones (excluding diaryl/α,β-unsaturated/α-hetero) is 1. The van der Waals surface area contributed by atoms with Gasteiger partial charge in [-0.25, -0.2) is 8.42 Å². The Balaban J connectivity index is 1.53. The second kappa shape index (κ2) is 9.74. The highest BCUT2D eigenvalue weighted by atomic mass is 32.2. The van der Waals surface area contributed by atoms with Gasteiger partial charge >= 0.3 is 0 Å². The molecule has 2 saturated heterocycles. The van der Waals surface area contributed by atoms with Gasteiger partial charge < -0.3 is 15.4 Å². The first-order valence-electron chi connectivity index (χ1n) is 11.5. The number of rotatable bonds is 7. The first-order chi connectivity index (χ1) is 16.6. The van der Waals surface area contributed by atoms with Gasteiger partial charge in [0.2, 0.25) is 15.9 Å². The first-order valence-corrected chi connectivity index (χ1v) is 13.0. The van der Waals surface area contributed by atoms with Crippen molar-refractivity contribution in [2.75, 3.05) is 13.1 Å². The van der Waals surface area contributed by atoms with Crippen LogP contribution in [0, 0.1) is 12.1 Å². The second-order valence-electron chi connectivity index (χ2n) is 8.93. The monoisotopic (exact) mass is 500 g/mol. The maximum absolute atomic E-state index is 13.5. The molecule has 0 radical (unpaired) electrons. The summed E-state index contributed by atoms with van der Waals surface area (Å²) >= 11 is 0.